The van der Waals surface area contributed by atoms with Gasteiger partial charge in [-0.15, -0.1) is 0 Å². The van der Waals surface area contributed by atoms with Crippen molar-refractivity contribution in [1.82, 2.24) is 9.97 Å². The van der Waals surface area contributed by atoms with Crippen molar-refractivity contribution in [2.24, 2.45) is 5.92 Å². The van der Waals surface area contributed by atoms with Crippen LogP contribution in [-0.2, 0) is 16.2 Å². The lowest BCUT2D eigenvalue weighted by atomic mass is 9.85. The number of hydrogen-bond donors (Lipinski definition) is 0. The number of hydrogen-bond acceptors (Lipinski definition) is 4. The molecule has 0 N–H and O–H groups in total. The number of fused-ring (bicyclic) bond motifs is 1. The molecule has 5 heteroatoms. The first-order valence-electron chi connectivity index (χ1n) is 7.54. The molecule has 2 heterocycles. The molecule has 3 nitrogen and oxygen atoms in total. The van der Waals surface area contributed by atoms with Crippen molar-refractivity contribution in [3.63, 3.8) is 0 Å². The lowest BCUT2D eigenvalue weighted by molar-refractivity contribution is -0.000300. The van der Waals surface area contributed by atoms with E-state index in [1.165, 1.54) is 32.1 Å². The molecule has 1 aromatic rings. The third-order valence-electron chi connectivity index (χ3n) is 4.22. The van der Waals surface area contributed by atoms with Gasteiger partial charge in [0.2, 0.25) is 0 Å². The van der Waals surface area contributed by atoms with Crippen LogP contribution in [0.1, 0.15) is 62.2 Å². The van der Waals surface area contributed by atoms with Crippen LogP contribution in [0.15, 0.2) is 0 Å². The van der Waals surface area contributed by atoms with Gasteiger partial charge in [-0.1, -0.05) is 30.9 Å². The third kappa shape index (κ3) is 2.97. The van der Waals surface area contributed by atoms with E-state index in [4.69, 9.17) is 21.3 Å². The van der Waals surface area contributed by atoms with Crippen molar-refractivity contribution < 1.29 is 4.74 Å². The first-order chi connectivity index (χ1) is 9.79. The number of halogens is 1. The SMILES string of the molecule is CCOC(c1nc(Cl)c2c(n1)CSC2)C1CCCCC1. The van der Waals surface area contributed by atoms with Gasteiger partial charge in [0.05, 0.1) is 5.69 Å². The van der Waals surface area contributed by atoms with E-state index in [-0.39, 0.29) is 6.10 Å². The highest BCUT2D eigenvalue weighted by atomic mass is 35.5. The lowest BCUT2D eigenvalue weighted by Crippen LogP contribution is -2.22. The van der Waals surface area contributed by atoms with Gasteiger partial charge in [0.25, 0.3) is 0 Å². The molecule has 1 saturated carbocycles. The summed E-state index contributed by atoms with van der Waals surface area (Å²) in [7, 11) is 0. The zero-order valence-corrected chi connectivity index (χ0v) is 13.5. The largest absolute Gasteiger partial charge is 0.370 e. The average molecular weight is 313 g/mol. The van der Waals surface area contributed by atoms with Crippen LogP contribution in [0.4, 0.5) is 0 Å². The summed E-state index contributed by atoms with van der Waals surface area (Å²) in [6.45, 7) is 2.74. The summed E-state index contributed by atoms with van der Waals surface area (Å²) in [5.74, 6) is 3.25. The van der Waals surface area contributed by atoms with Gasteiger partial charge >= 0.3 is 0 Å². The third-order valence-corrected chi connectivity index (χ3v) is 5.51. The van der Waals surface area contributed by atoms with Crippen molar-refractivity contribution in [2.75, 3.05) is 6.61 Å². The molecule has 20 heavy (non-hydrogen) atoms. The van der Waals surface area contributed by atoms with Gasteiger partial charge in [-0.3, -0.25) is 0 Å². The van der Waals surface area contributed by atoms with Gasteiger partial charge in [-0.05, 0) is 25.7 Å². The highest BCUT2D eigenvalue weighted by Crippen LogP contribution is 2.38. The van der Waals surface area contributed by atoms with Crippen LogP contribution < -0.4 is 0 Å². The minimum Gasteiger partial charge on any atom is -0.370 e. The first-order valence-corrected chi connectivity index (χ1v) is 9.07. The molecule has 1 aliphatic carbocycles. The molecule has 1 aromatic heterocycles. The zero-order valence-electron chi connectivity index (χ0n) is 11.9. The lowest BCUT2D eigenvalue weighted by Gasteiger charge is -2.29. The monoisotopic (exact) mass is 312 g/mol. The molecule has 0 aromatic carbocycles. The van der Waals surface area contributed by atoms with E-state index in [1.807, 2.05) is 18.7 Å². The normalized spacial score (nSPS) is 20.9. The Bertz CT molecular complexity index is 477. The molecule has 3 rings (SSSR count). The van der Waals surface area contributed by atoms with E-state index in [9.17, 15) is 0 Å². The number of nitrogens with zero attached hydrogens (tertiary/aromatic N) is 2. The van der Waals surface area contributed by atoms with Crippen LogP contribution in [-0.4, -0.2) is 16.6 Å². The molecule has 1 unspecified atom stereocenters. The van der Waals surface area contributed by atoms with Crippen LogP contribution in [0.25, 0.3) is 0 Å². The maximum atomic E-state index is 6.34. The summed E-state index contributed by atoms with van der Waals surface area (Å²) in [6, 6.07) is 0. The smallest absolute Gasteiger partial charge is 0.159 e. The average Bonchev–Trinajstić information content (AvgIpc) is 2.94. The fraction of sp³-hybridized carbons (Fsp3) is 0.733. The molecular weight excluding hydrogens is 292 g/mol. The Morgan fingerprint density at radius 3 is 2.80 bits per heavy atom. The number of thioether (sulfide) groups is 1. The molecule has 1 atom stereocenters. The predicted molar refractivity (Wildman–Crippen MR) is 83.0 cm³/mol. The molecule has 1 fully saturated rings. The van der Waals surface area contributed by atoms with Crippen molar-refractivity contribution in [2.45, 2.75) is 56.6 Å². The van der Waals surface area contributed by atoms with Crippen LogP contribution in [0.2, 0.25) is 5.15 Å². The summed E-state index contributed by atoms with van der Waals surface area (Å²) in [6.07, 6.45) is 6.40. The van der Waals surface area contributed by atoms with Crippen LogP contribution in [0.5, 0.6) is 0 Å². The fourth-order valence-electron chi connectivity index (χ4n) is 3.20. The zero-order chi connectivity index (χ0) is 13.9. The van der Waals surface area contributed by atoms with Gasteiger partial charge < -0.3 is 4.74 Å². The summed E-state index contributed by atoms with van der Waals surface area (Å²) in [5.41, 5.74) is 2.24. The van der Waals surface area contributed by atoms with Crippen molar-refractivity contribution >= 4 is 23.4 Å². The van der Waals surface area contributed by atoms with E-state index >= 15 is 0 Å². The molecule has 2 aliphatic rings. The Balaban J connectivity index is 1.88. The molecule has 0 spiro atoms. The van der Waals surface area contributed by atoms with E-state index in [1.54, 1.807) is 0 Å². The molecule has 0 radical (unpaired) electrons. The number of ether oxygens (including phenoxy) is 1. The van der Waals surface area contributed by atoms with Crippen molar-refractivity contribution in [1.29, 1.82) is 0 Å². The Morgan fingerprint density at radius 1 is 1.25 bits per heavy atom. The fourth-order valence-corrected chi connectivity index (χ4v) is 4.58. The summed E-state index contributed by atoms with van der Waals surface area (Å²) in [5, 5.41) is 0.635. The predicted octanol–water partition coefficient (Wildman–Crippen LogP) is 4.53. The number of rotatable bonds is 4. The minimum absolute atomic E-state index is 0.0219. The van der Waals surface area contributed by atoms with Crippen LogP contribution in [0, 0.1) is 5.92 Å². The van der Waals surface area contributed by atoms with E-state index in [0.29, 0.717) is 17.7 Å². The summed E-state index contributed by atoms with van der Waals surface area (Å²) >= 11 is 8.20. The van der Waals surface area contributed by atoms with Gasteiger partial charge in [0.15, 0.2) is 5.82 Å². The second-order valence-electron chi connectivity index (χ2n) is 5.56. The topological polar surface area (TPSA) is 35.0 Å². The summed E-state index contributed by atoms with van der Waals surface area (Å²) in [4.78, 5) is 9.32. The Hall–Kier alpha value is -0.320. The highest BCUT2D eigenvalue weighted by molar-refractivity contribution is 7.98. The maximum absolute atomic E-state index is 6.34. The van der Waals surface area contributed by atoms with Gasteiger partial charge in [-0.2, -0.15) is 11.8 Å². The quantitative estimate of drug-likeness (QED) is 0.765. The maximum Gasteiger partial charge on any atom is 0.159 e. The molecule has 0 saturated heterocycles. The second-order valence-corrected chi connectivity index (χ2v) is 6.91. The molecular formula is C15H21ClN2OS. The Kier molecular flexibility index (Phi) is 4.84. The molecule has 0 bridgehead atoms. The van der Waals surface area contributed by atoms with Gasteiger partial charge in [0, 0.05) is 23.7 Å². The second kappa shape index (κ2) is 6.63. The van der Waals surface area contributed by atoms with Crippen molar-refractivity contribution in [3.05, 3.63) is 22.2 Å². The number of aromatic nitrogens is 2. The van der Waals surface area contributed by atoms with E-state index < -0.39 is 0 Å². The van der Waals surface area contributed by atoms with E-state index in [0.717, 1.165) is 28.6 Å². The molecule has 1 aliphatic heterocycles. The molecule has 0 amide bonds. The van der Waals surface area contributed by atoms with Crippen LogP contribution in [0.3, 0.4) is 0 Å². The van der Waals surface area contributed by atoms with Crippen LogP contribution >= 0.6 is 23.4 Å². The Labute approximate surface area is 129 Å². The van der Waals surface area contributed by atoms with E-state index in [2.05, 4.69) is 4.98 Å². The Morgan fingerprint density at radius 2 is 2.05 bits per heavy atom. The first kappa shape index (κ1) is 14.6. The summed E-state index contributed by atoms with van der Waals surface area (Å²) < 4.78 is 5.99. The van der Waals surface area contributed by atoms with Gasteiger partial charge in [0.1, 0.15) is 11.3 Å². The minimum atomic E-state index is 0.0219. The van der Waals surface area contributed by atoms with Crippen molar-refractivity contribution in [3.8, 4) is 0 Å². The standard InChI is InChI=1S/C15H21ClN2OS/c1-2-19-13(10-6-4-3-5-7-10)15-17-12-9-20-8-11(12)14(16)18-15/h10,13H,2-9H2,1H3. The highest BCUT2D eigenvalue weighted by Gasteiger charge is 2.30. The molecule has 110 valence electrons. The van der Waals surface area contributed by atoms with Gasteiger partial charge in [-0.25, -0.2) is 9.97 Å².